The van der Waals surface area contributed by atoms with Crippen molar-refractivity contribution in [2.45, 2.75) is 25.0 Å². The van der Waals surface area contributed by atoms with Gasteiger partial charge in [0.05, 0.1) is 27.5 Å². The minimum atomic E-state index is -3.88. The summed E-state index contributed by atoms with van der Waals surface area (Å²) in [6.45, 7) is 2.10. The van der Waals surface area contributed by atoms with Gasteiger partial charge in [0.15, 0.2) is 0 Å². The molecule has 4 rings (SSSR count). The Labute approximate surface area is 173 Å². The number of nitrogens with zero attached hydrogens (tertiary/aromatic N) is 1. The summed E-state index contributed by atoms with van der Waals surface area (Å²) < 4.78 is 37.4. The van der Waals surface area contributed by atoms with Crippen molar-refractivity contribution in [2.75, 3.05) is 0 Å². The average molecular weight is 426 g/mol. The molecule has 0 radical (unpaired) electrons. The van der Waals surface area contributed by atoms with Crippen LogP contribution in [0.25, 0.3) is 10.1 Å². The van der Waals surface area contributed by atoms with Crippen LogP contribution in [-0.4, -0.2) is 13.4 Å². The molecule has 0 atom stereocenters. The molecule has 0 amide bonds. The lowest BCUT2D eigenvalue weighted by molar-refractivity contribution is 0.269. The van der Waals surface area contributed by atoms with E-state index in [1.807, 2.05) is 48.7 Å². The number of pyridine rings is 1. The summed E-state index contributed by atoms with van der Waals surface area (Å²) in [7, 11) is -3.88. The van der Waals surface area contributed by atoms with Crippen LogP contribution in [0.4, 0.5) is 0 Å². The van der Waals surface area contributed by atoms with Gasteiger partial charge >= 0.3 is 0 Å². The van der Waals surface area contributed by atoms with Gasteiger partial charge in [-0.05, 0) is 36.1 Å². The molecule has 0 aliphatic rings. The fourth-order valence-electron chi connectivity index (χ4n) is 2.99. The highest BCUT2D eigenvalue weighted by Crippen LogP contribution is 2.33. The van der Waals surface area contributed by atoms with Crippen LogP contribution in [-0.2, 0) is 27.5 Å². The molecule has 0 aliphatic carbocycles. The minimum Gasteiger partial charge on any atom is -0.473 e. The van der Waals surface area contributed by atoms with E-state index in [0.29, 0.717) is 18.1 Å². The second-order valence-electron chi connectivity index (χ2n) is 6.45. The van der Waals surface area contributed by atoms with E-state index in [2.05, 4.69) is 4.98 Å². The highest BCUT2D eigenvalue weighted by atomic mass is 32.2. The van der Waals surface area contributed by atoms with Crippen LogP contribution < -0.4 is 4.74 Å². The molecule has 2 heterocycles. The second-order valence-corrected chi connectivity index (χ2v) is 8.98. The van der Waals surface area contributed by atoms with Gasteiger partial charge in [-0.3, -0.25) is 4.18 Å². The third-order valence-corrected chi connectivity index (χ3v) is 6.76. The first kappa shape index (κ1) is 19.6. The fourth-order valence-corrected chi connectivity index (χ4v) is 4.76. The SMILES string of the molecule is Cc1nc(OCc2ccccc2)c(COS(=O)(=O)c2ccccc2)c2ccsc12. The van der Waals surface area contributed by atoms with E-state index >= 15 is 0 Å². The average Bonchev–Trinajstić information content (AvgIpc) is 3.24. The Morgan fingerprint density at radius 2 is 1.62 bits per heavy atom. The number of benzene rings is 2. The molecular formula is C22H19NO4S2. The van der Waals surface area contributed by atoms with Crippen molar-refractivity contribution in [1.82, 2.24) is 4.98 Å². The van der Waals surface area contributed by atoms with E-state index < -0.39 is 10.1 Å². The molecule has 7 heteroatoms. The van der Waals surface area contributed by atoms with Crippen molar-refractivity contribution < 1.29 is 17.3 Å². The largest absolute Gasteiger partial charge is 0.473 e. The molecule has 4 aromatic rings. The standard InChI is InChI=1S/C22H19NO4S2/c1-16-21-19(12-13-28-21)20(15-27-29(24,25)18-10-6-3-7-11-18)22(23-16)26-14-17-8-4-2-5-9-17/h2-13H,14-15H2,1H3. The van der Waals surface area contributed by atoms with Gasteiger partial charge in [0.2, 0.25) is 5.88 Å². The molecule has 2 aromatic carbocycles. The van der Waals surface area contributed by atoms with Crippen molar-refractivity contribution in [3.8, 4) is 5.88 Å². The quantitative estimate of drug-likeness (QED) is 0.386. The highest BCUT2D eigenvalue weighted by molar-refractivity contribution is 7.86. The number of rotatable bonds is 7. The first-order valence-electron chi connectivity index (χ1n) is 9.02. The Morgan fingerprint density at radius 3 is 2.34 bits per heavy atom. The van der Waals surface area contributed by atoms with Crippen molar-refractivity contribution in [3.05, 3.63) is 88.9 Å². The van der Waals surface area contributed by atoms with Gasteiger partial charge in [-0.2, -0.15) is 8.42 Å². The van der Waals surface area contributed by atoms with Gasteiger partial charge in [-0.15, -0.1) is 11.3 Å². The van der Waals surface area contributed by atoms with Gasteiger partial charge < -0.3 is 4.74 Å². The topological polar surface area (TPSA) is 65.5 Å². The molecule has 0 unspecified atom stereocenters. The van der Waals surface area contributed by atoms with Crippen molar-refractivity contribution in [3.63, 3.8) is 0 Å². The minimum absolute atomic E-state index is 0.119. The summed E-state index contributed by atoms with van der Waals surface area (Å²) in [5.74, 6) is 0.389. The summed E-state index contributed by atoms with van der Waals surface area (Å²) in [4.78, 5) is 4.69. The highest BCUT2D eigenvalue weighted by Gasteiger charge is 2.20. The van der Waals surface area contributed by atoms with Crippen LogP contribution in [0.3, 0.4) is 0 Å². The molecule has 0 saturated carbocycles. The number of ether oxygens (including phenoxy) is 1. The summed E-state index contributed by atoms with van der Waals surface area (Å²) in [5, 5.41) is 2.85. The second kappa shape index (κ2) is 8.32. The lowest BCUT2D eigenvalue weighted by Crippen LogP contribution is -2.09. The van der Waals surface area contributed by atoms with Gasteiger partial charge in [0.25, 0.3) is 10.1 Å². The van der Waals surface area contributed by atoms with E-state index in [0.717, 1.165) is 21.3 Å². The molecule has 2 aromatic heterocycles. The zero-order valence-electron chi connectivity index (χ0n) is 15.7. The normalized spacial score (nSPS) is 11.6. The van der Waals surface area contributed by atoms with Crippen LogP contribution in [0, 0.1) is 6.92 Å². The van der Waals surface area contributed by atoms with E-state index in [9.17, 15) is 8.42 Å². The molecule has 0 saturated heterocycles. The Kier molecular flexibility index (Phi) is 5.62. The summed E-state index contributed by atoms with van der Waals surface area (Å²) in [6, 6.07) is 19.8. The molecule has 148 valence electrons. The zero-order valence-corrected chi connectivity index (χ0v) is 17.4. The third kappa shape index (κ3) is 4.32. The number of aromatic nitrogens is 1. The van der Waals surface area contributed by atoms with Gasteiger partial charge in [-0.25, -0.2) is 4.98 Å². The Bertz CT molecular complexity index is 1220. The van der Waals surface area contributed by atoms with Crippen LogP contribution >= 0.6 is 11.3 Å². The lowest BCUT2D eigenvalue weighted by atomic mass is 10.1. The van der Waals surface area contributed by atoms with Crippen molar-refractivity contribution >= 4 is 31.5 Å². The van der Waals surface area contributed by atoms with Crippen LogP contribution in [0.1, 0.15) is 16.8 Å². The van der Waals surface area contributed by atoms with Crippen LogP contribution in [0.5, 0.6) is 5.88 Å². The Balaban J connectivity index is 1.65. The zero-order chi connectivity index (χ0) is 20.3. The predicted molar refractivity (Wildman–Crippen MR) is 114 cm³/mol. The number of thiophene rings is 1. The molecule has 0 N–H and O–H groups in total. The Hall–Kier alpha value is -2.74. The monoisotopic (exact) mass is 425 g/mol. The summed E-state index contributed by atoms with van der Waals surface area (Å²) in [5.41, 5.74) is 2.47. The molecule has 5 nitrogen and oxygen atoms in total. The van der Waals surface area contributed by atoms with Crippen molar-refractivity contribution in [2.24, 2.45) is 0 Å². The number of hydrogen-bond acceptors (Lipinski definition) is 6. The van der Waals surface area contributed by atoms with E-state index in [1.165, 1.54) is 12.1 Å². The molecule has 0 aliphatic heterocycles. The number of aryl methyl sites for hydroxylation is 1. The Morgan fingerprint density at radius 1 is 0.931 bits per heavy atom. The van der Waals surface area contributed by atoms with Crippen LogP contribution in [0.2, 0.25) is 0 Å². The van der Waals surface area contributed by atoms with E-state index in [4.69, 9.17) is 8.92 Å². The van der Waals surface area contributed by atoms with Gasteiger partial charge in [0, 0.05) is 5.39 Å². The molecule has 0 bridgehead atoms. The smallest absolute Gasteiger partial charge is 0.297 e. The molecule has 0 fully saturated rings. The van der Waals surface area contributed by atoms with Crippen LogP contribution in [0.15, 0.2) is 77.0 Å². The molecular weight excluding hydrogens is 406 g/mol. The lowest BCUT2D eigenvalue weighted by Gasteiger charge is -2.14. The predicted octanol–water partition coefficient (Wildman–Crippen LogP) is 5.09. The van der Waals surface area contributed by atoms with E-state index in [1.54, 1.807) is 29.5 Å². The van der Waals surface area contributed by atoms with Gasteiger partial charge in [0.1, 0.15) is 6.61 Å². The number of hydrogen-bond donors (Lipinski definition) is 0. The maximum absolute atomic E-state index is 12.6. The van der Waals surface area contributed by atoms with Gasteiger partial charge in [-0.1, -0.05) is 48.5 Å². The van der Waals surface area contributed by atoms with E-state index in [-0.39, 0.29) is 11.5 Å². The third-order valence-electron chi connectivity index (χ3n) is 4.46. The van der Waals surface area contributed by atoms with Crippen molar-refractivity contribution in [1.29, 1.82) is 0 Å². The first-order valence-corrected chi connectivity index (χ1v) is 11.3. The maximum atomic E-state index is 12.6. The maximum Gasteiger partial charge on any atom is 0.297 e. The molecule has 29 heavy (non-hydrogen) atoms. The first-order chi connectivity index (χ1) is 14.0. The summed E-state index contributed by atoms with van der Waals surface area (Å²) in [6.07, 6.45) is 0. The summed E-state index contributed by atoms with van der Waals surface area (Å²) >= 11 is 1.56. The molecule has 0 spiro atoms. The fraction of sp³-hybridized carbons (Fsp3) is 0.136. The number of fused-ring (bicyclic) bond motifs is 1.